The van der Waals surface area contributed by atoms with Crippen molar-refractivity contribution in [2.24, 2.45) is 17.3 Å². The lowest BCUT2D eigenvalue weighted by Crippen LogP contribution is -2.11. The molecule has 0 saturated carbocycles. The van der Waals surface area contributed by atoms with Crippen molar-refractivity contribution in [3.8, 4) is 0 Å². The zero-order valence-electron chi connectivity index (χ0n) is 9.46. The Hall–Kier alpha value is -0.780. The lowest BCUT2D eigenvalue weighted by molar-refractivity contribution is 0.317. The van der Waals surface area contributed by atoms with Crippen molar-refractivity contribution in [1.82, 2.24) is 0 Å². The van der Waals surface area contributed by atoms with E-state index in [1.807, 2.05) is 0 Å². The van der Waals surface area contributed by atoms with E-state index < -0.39 is 0 Å². The first-order valence-corrected chi connectivity index (χ1v) is 5.61. The van der Waals surface area contributed by atoms with Crippen LogP contribution in [0.2, 0.25) is 0 Å². The second-order valence-electron chi connectivity index (χ2n) is 5.78. The van der Waals surface area contributed by atoms with Crippen LogP contribution in [0.1, 0.15) is 33.6 Å². The largest absolute Gasteiger partial charge is 0.0775 e. The summed E-state index contributed by atoms with van der Waals surface area (Å²) in [4.78, 5) is 0. The Morgan fingerprint density at radius 2 is 2.07 bits per heavy atom. The van der Waals surface area contributed by atoms with Gasteiger partial charge in [-0.2, -0.15) is 0 Å². The average Bonchev–Trinajstić information content (AvgIpc) is 2.42. The molecule has 2 atom stereocenters. The molecule has 0 aromatic heterocycles. The highest BCUT2D eigenvalue weighted by Crippen LogP contribution is 2.39. The Labute approximate surface area is 87.4 Å². The Kier molecular flexibility index (Phi) is 2.38. The Balaban J connectivity index is 2.04. The third-order valence-corrected chi connectivity index (χ3v) is 3.03. The minimum atomic E-state index is 0.461. The minimum Gasteiger partial charge on any atom is -0.0775 e. The first-order valence-electron chi connectivity index (χ1n) is 5.61. The van der Waals surface area contributed by atoms with Gasteiger partial charge < -0.3 is 0 Å². The smallest absolute Gasteiger partial charge is 0.00236 e. The number of fused-ring (bicyclic) bond motifs is 1. The van der Waals surface area contributed by atoms with Crippen LogP contribution in [0.15, 0.2) is 36.0 Å². The molecule has 0 heterocycles. The molecule has 0 heteroatoms. The van der Waals surface area contributed by atoms with Gasteiger partial charge in [-0.25, -0.2) is 0 Å². The van der Waals surface area contributed by atoms with Gasteiger partial charge >= 0.3 is 0 Å². The molecule has 0 spiro atoms. The Morgan fingerprint density at radius 1 is 1.29 bits per heavy atom. The van der Waals surface area contributed by atoms with Gasteiger partial charge in [0.25, 0.3) is 0 Å². The Morgan fingerprint density at radius 3 is 2.71 bits per heavy atom. The molecule has 0 saturated heterocycles. The van der Waals surface area contributed by atoms with Crippen molar-refractivity contribution in [2.75, 3.05) is 0 Å². The summed E-state index contributed by atoms with van der Waals surface area (Å²) in [7, 11) is 0. The maximum absolute atomic E-state index is 2.48. The summed E-state index contributed by atoms with van der Waals surface area (Å²) in [5.74, 6) is 1.51. The predicted molar refractivity (Wildman–Crippen MR) is 62.0 cm³/mol. The topological polar surface area (TPSA) is 0 Å². The van der Waals surface area contributed by atoms with Gasteiger partial charge in [0, 0.05) is 5.92 Å². The van der Waals surface area contributed by atoms with Crippen LogP contribution in [0.5, 0.6) is 0 Å². The lowest BCUT2D eigenvalue weighted by Gasteiger charge is -2.22. The molecular weight excluding hydrogens is 168 g/mol. The molecular formula is C14H20. The molecule has 2 aliphatic rings. The van der Waals surface area contributed by atoms with Gasteiger partial charge in [-0.05, 0) is 29.7 Å². The zero-order valence-corrected chi connectivity index (χ0v) is 9.46. The second-order valence-corrected chi connectivity index (χ2v) is 5.78. The van der Waals surface area contributed by atoms with Crippen molar-refractivity contribution in [3.63, 3.8) is 0 Å². The monoisotopic (exact) mass is 188 g/mol. The summed E-state index contributed by atoms with van der Waals surface area (Å²) in [5.41, 5.74) is 2.00. The summed E-state index contributed by atoms with van der Waals surface area (Å²) in [6.07, 6.45) is 14.1. The first kappa shape index (κ1) is 9.76. The Bertz CT molecular complexity index is 296. The molecule has 0 amide bonds. The van der Waals surface area contributed by atoms with Gasteiger partial charge in [0.05, 0.1) is 0 Å². The molecule has 2 aliphatic carbocycles. The van der Waals surface area contributed by atoms with Crippen LogP contribution in [0, 0.1) is 17.3 Å². The molecule has 2 unspecified atom stereocenters. The van der Waals surface area contributed by atoms with Crippen LogP contribution < -0.4 is 0 Å². The third kappa shape index (κ3) is 2.17. The third-order valence-electron chi connectivity index (χ3n) is 3.03. The van der Waals surface area contributed by atoms with Gasteiger partial charge in [-0.3, -0.25) is 0 Å². The number of hydrogen-bond acceptors (Lipinski definition) is 0. The molecule has 0 N–H and O–H groups in total. The van der Waals surface area contributed by atoms with E-state index in [1.54, 1.807) is 5.57 Å². The summed E-state index contributed by atoms with van der Waals surface area (Å²) < 4.78 is 0. The van der Waals surface area contributed by atoms with Gasteiger partial charge in [0.1, 0.15) is 0 Å². The molecule has 2 rings (SSSR count). The molecule has 14 heavy (non-hydrogen) atoms. The van der Waals surface area contributed by atoms with E-state index in [2.05, 4.69) is 51.2 Å². The van der Waals surface area contributed by atoms with E-state index in [0.29, 0.717) is 11.3 Å². The summed E-state index contributed by atoms with van der Waals surface area (Å²) in [6, 6.07) is 0. The van der Waals surface area contributed by atoms with Crippen molar-refractivity contribution < 1.29 is 0 Å². The van der Waals surface area contributed by atoms with E-state index in [9.17, 15) is 0 Å². The predicted octanol–water partition coefficient (Wildman–Crippen LogP) is 4.11. The van der Waals surface area contributed by atoms with Gasteiger partial charge in [-0.1, -0.05) is 51.2 Å². The fourth-order valence-electron chi connectivity index (χ4n) is 2.59. The minimum absolute atomic E-state index is 0.461. The van der Waals surface area contributed by atoms with E-state index in [1.165, 1.54) is 12.8 Å². The molecule has 0 radical (unpaired) electrons. The van der Waals surface area contributed by atoms with Gasteiger partial charge in [-0.15, -0.1) is 0 Å². The van der Waals surface area contributed by atoms with Crippen LogP contribution in [-0.2, 0) is 0 Å². The lowest BCUT2D eigenvalue weighted by atomic mass is 9.83. The zero-order chi connectivity index (χ0) is 10.2. The van der Waals surface area contributed by atoms with Gasteiger partial charge in [0.15, 0.2) is 0 Å². The van der Waals surface area contributed by atoms with Crippen LogP contribution in [-0.4, -0.2) is 0 Å². The SMILES string of the molecule is CC(C)(C)CC1C=C2C=CC=CC2C1. The molecule has 0 aromatic carbocycles. The van der Waals surface area contributed by atoms with Crippen molar-refractivity contribution in [1.29, 1.82) is 0 Å². The number of hydrogen-bond donors (Lipinski definition) is 0. The van der Waals surface area contributed by atoms with Crippen molar-refractivity contribution in [2.45, 2.75) is 33.6 Å². The van der Waals surface area contributed by atoms with Crippen molar-refractivity contribution >= 4 is 0 Å². The van der Waals surface area contributed by atoms with E-state index in [-0.39, 0.29) is 0 Å². The fraction of sp³-hybridized carbons (Fsp3) is 0.571. The normalized spacial score (nSPS) is 30.4. The van der Waals surface area contributed by atoms with E-state index in [4.69, 9.17) is 0 Å². The average molecular weight is 188 g/mol. The summed E-state index contributed by atoms with van der Waals surface area (Å²) in [6.45, 7) is 7.00. The molecule has 0 aromatic rings. The van der Waals surface area contributed by atoms with Crippen LogP contribution >= 0.6 is 0 Å². The fourth-order valence-corrected chi connectivity index (χ4v) is 2.59. The molecule has 0 nitrogen and oxygen atoms in total. The highest BCUT2D eigenvalue weighted by molar-refractivity contribution is 5.36. The molecule has 0 aliphatic heterocycles. The first-order chi connectivity index (χ1) is 6.54. The van der Waals surface area contributed by atoms with Crippen molar-refractivity contribution in [3.05, 3.63) is 36.0 Å². The van der Waals surface area contributed by atoms with Crippen LogP contribution in [0.25, 0.3) is 0 Å². The van der Waals surface area contributed by atoms with E-state index in [0.717, 1.165) is 5.92 Å². The molecule has 0 bridgehead atoms. The molecule has 76 valence electrons. The standard InChI is InChI=1S/C14H20/c1-14(2,3)10-11-8-12-6-4-5-7-13(12)9-11/h4-8,11,13H,9-10H2,1-3H3. The highest BCUT2D eigenvalue weighted by Gasteiger charge is 2.27. The summed E-state index contributed by atoms with van der Waals surface area (Å²) >= 11 is 0. The van der Waals surface area contributed by atoms with Crippen LogP contribution in [0.4, 0.5) is 0 Å². The summed E-state index contributed by atoms with van der Waals surface area (Å²) in [5, 5.41) is 0. The van der Waals surface area contributed by atoms with E-state index >= 15 is 0 Å². The number of rotatable bonds is 1. The molecule has 0 fully saturated rings. The highest BCUT2D eigenvalue weighted by atomic mass is 14.3. The quantitative estimate of drug-likeness (QED) is 0.581. The van der Waals surface area contributed by atoms with Crippen LogP contribution in [0.3, 0.4) is 0 Å². The second kappa shape index (κ2) is 3.42. The number of allylic oxidation sites excluding steroid dienone is 6. The van der Waals surface area contributed by atoms with Gasteiger partial charge in [0.2, 0.25) is 0 Å². The maximum Gasteiger partial charge on any atom is 0.00236 e. The maximum atomic E-state index is 2.48.